The van der Waals surface area contributed by atoms with Gasteiger partial charge in [-0.3, -0.25) is 13.8 Å². The van der Waals surface area contributed by atoms with Crippen LogP contribution in [0.3, 0.4) is 0 Å². The lowest BCUT2D eigenvalue weighted by Crippen LogP contribution is -2.20. The largest absolute Gasteiger partial charge is 0.322 e. The maximum atomic E-state index is 12.7. The standard InChI is InChI=1S/C20H18N6OS/c1-12-8-9-15-13(10-12)18(27)25(3)19-23-22-17(26(15)19)11-28-20-21-14-6-4-5-7-16(14)24(20)2/h4-10H,11H2,1-3H3. The van der Waals surface area contributed by atoms with Crippen molar-refractivity contribution in [1.29, 1.82) is 0 Å². The van der Waals surface area contributed by atoms with Crippen molar-refractivity contribution in [2.45, 2.75) is 17.8 Å². The number of aryl methyl sites for hydroxylation is 3. The zero-order valence-corrected chi connectivity index (χ0v) is 16.6. The van der Waals surface area contributed by atoms with Crippen LogP contribution in [0, 0.1) is 6.92 Å². The molecule has 28 heavy (non-hydrogen) atoms. The zero-order valence-electron chi connectivity index (χ0n) is 15.7. The van der Waals surface area contributed by atoms with Gasteiger partial charge in [0.1, 0.15) is 5.82 Å². The molecular weight excluding hydrogens is 372 g/mol. The second-order valence-electron chi connectivity index (χ2n) is 6.87. The first kappa shape index (κ1) is 17.0. The van der Waals surface area contributed by atoms with Crippen LogP contribution >= 0.6 is 11.8 Å². The molecule has 0 atom stereocenters. The highest BCUT2D eigenvalue weighted by Crippen LogP contribution is 2.26. The van der Waals surface area contributed by atoms with Gasteiger partial charge in [-0.25, -0.2) is 4.98 Å². The fourth-order valence-corrected chi connectivity index (χ4v) is 4.43. The fraction of sp³-hybridized carbons (Fsp3) is 0.200. The second-order valence-corrected chi connectivity index (χ2v) is 7.81. The summed E-state index contributed by atoms with van der Waals surface area (Å²) in [4.78, 5) is 17.4. The van der Waals surface area contributed by atoms with Crippen molar-refractivity contribution < 1.29 is 0 Å². The molecule has 0 aliphatic carbocycles. The Kier molecular flexibility index (Phi) is 3.77. The van der Waals surface area contributed by atoms with E-state index in [2.05, 4.69) is 20.8 Å². The zero-order chi connectivity index (χ0) is 19.4. The molecule has 0 saturated carbocycles. The number of para-hydroxylation sites is 2. The minimum atomic E-state index is -0.0619. The number of thioether (sulfide) groups is 1. The highest BCUT2D eigenvalue weighted by atomic mass is 32.2. The Balaban J connectivity index is 1.62. The molecule has 0 bridgehead atoms. The lowest BCUT2D eigenvalue weighted by atomic mass is 10.1. The maximum absolute atomic E-state index is 12.7. The average molecular weight is 390 g/mol. The van der Waals surface area contributed by atoms with Crippen molar-refractivity contribution in [3.05, 3.63) is 64.2 Å². The highest BCUT2D eigenvalue weighted by Gasteiger charge is 2.16. The van der Waals surface area contributed by atoms with E-state index < -0.39 is 0 Å². The Labute approximate surface area is 164 Å². The number of aromatic nitrogens is 6. The van der Waals surface area contributed by atoms with Crippen molar-refractivity contribution in [3.63, 3.8) is 0 Å². The van der Waals surface area contributed by atoms with Gasteiger partial charge in [-0.2, -0.15) is 0 Å². The summed E-state index contributed by atoms with van der Waals surface area (Å²) in [7, 11) is 3.75. The minimum absolute atomic E-state index is 0.0619. The quantitative estimate of drug-likeness (QED) is 0.443. The van der Waals surface area contributed by atoms with Crippen LogP contribution < -0.4 is 5.56 Å². The van der Waals surface area contributed by atoms with Crippen LogP contribution in [0.5, 0.6) is 0 Å². The molecular formula is C20H18N6OS. The number of benzene rings is 2. The number of hydrogen-bond donors (Lipinski definition) is 0. The molecule has 0 aliphatic rings. The van der Waals surface area contributed by atoms with Crippen LogP contribution in [0.25, 0.3) is 27.7 Å². The molecule has 0 spiro atoms. The van der Waals surface area contributed by atoms with Crippen molar-refractivity contribution in [1.82, 2.24) is 28.7 Å². The van der Waals surface area contributed by atoms with Crippen LogP contribution in [0.4, 0.5) is 0 Å². The summed E-state index contributed by atoms with van der Waals surface area (Å²) in [5, 5.41) is 10.2. The van der Waals surface area contributed by atoms with Gasteiger partial charge in [0, 0.05) is 14.1 Å². The molecule has 0 amide bonds. The highest BCUT2D eigenvalue weighted by molar-refractivity contribution is 7.98. The van der Waals surface area contributed by atoms with Crippen molar-refractivity contribution >= 4 is 39.5 Å². The van der Waals surface area contributed by atoms with Gasteiger partial charge in [0.15, 0.2) is 5.16 Å². The Bertz CT molecular complexity index is 1430. The van der Waals surface area contributed by atoms with Crippen LogP contribution in [-0.2, 0) is 19.8 Å². The number of nitrogens with zero attached hydrogens (tertiary/aromatic N) is 6. The molecule has 7 nitrogen and oxygen atoms in total. The van der Waals surface area contributed by atoms with Gasteiger partial charge < -0.3 is 4.57 Å². The summed E-state index contributed by atoms with van der Waals surface area (Å²) >= 11 is 1.61. The summed E-state index contributed by atoms with van der Waals surface area (Å²) in [5.41, 5.74) is 3.89. The van der Waals surface area contributed by atoms with Crippen molar-refractivity contribution in [2.75, 3.05) is 0 Å². The average Bonchev–Trinajstić information content (AvgIpc) is 3.26. The smallest absolute Gasteiger partial charge is 0.262 e. The molecule has 0 fully saturated rings. The van der Waals surface area contributed by atoms with E-state index >= 15 is 0 Å². The van der Waals surface area contributed by atoms with Crippen LogP contribution in [0.1, 0.15) is 11.4 Å². The molecule has 140 valence electrons. The predicted octanol–water partition coefficient (Wildman–Crippen LogP) is 3.07. The topological polar surface area (TPSA) is 70.0 Å². The van der Waals surface area contributed by atoms with E-state index in [1.807, 2.05) is 54.8 Å². The lowest BCUT2D eigenvalue weighted by molar-refractivity contribution is 0.813. The molecule has 0 saturated heterocycles. The summed E-state index contributed by atoms with van der Waals surface area (Å²) < 4.78 is 5.60. The Morgan fingerprint density at radius 2 is 1.82 bits per heavy atom. The molecule has 0 aliphatic heterocycles. The maximum Gasteiger partial charge on any atom is 0.262 e. The van der Waals surface area contributed by atoms with Crippen LogP contribution in [0.15, 0.2) is 52.4 Å². The Morgan fingerprint density at radius 1 is 1.00 bits per heavy atom. The third-order valence-corrected chi connectivity index (χ3v) is 6.04. The first-order valence-corrected chi connectivity index (χ1v) is 9.91. The summed E-state index contributed by atoms with van der Waals surface area (Å²) in [6, 6.07) is 14.0. The first-order valence-electron chi connectivity index (χ1n) is 8.92. The van der Waals surface area contributed by atoms with E-state index in [1.165, 1.54) is 0 Å². The second kappa shape index (κ2) is 6.20. The van der Waals surface area contributed by atoms with Crippen molar-refractivity contribution in [3.8, 4) is 0 Å². The molecule has 0 unspecified atom stereocenters. The Morgan fingerprint density at radius 3 is 2.64 bits per heavy atom. The summed E-state index contributed by atoms with van der Waals surface area (Å²) in [6.07, 6.45) is 0. The Hall–Kier alpha value is -3.13. The van der Waals surface area contributed by atoms with E-state index in [0.717, 1.165) is 33.1 Å². The van der Waals surface area contributed by atoms with Gasteiger partial charge in [-0.15, -0.1) is 10.2 Å². The number of imidazole rings is 1. The number of rotatable bonds is 3. The third kappa shape index (κ3) is 2.45. The molecule has 8 heteroatoms. The summed E-state index contributed by atoms with van der Waals surface area (Å²) in [5.74, 6) is 1.93. The van der Waals surface area contributed by atoms with Crippen LogP contribution in [0.2, 0.25) is 0 Å². The van der Waals surface area contributed by atoms with Gasteiger partial charge in [0.2, 0.25) is 5.78 Å². The van der Waals surface area contributed by atoms with Gasteiger partial charge in [-0.1, -0.05) is 35.5 Å². The third-order valence-electron chi connectivity index (χ3n) is 5.02. The van der Waals surface area contributed by atoms with E-state index in [-0.39, 0.29) is 5.56 Å². The summed E-state index contributed by atoms with van der Waals surface area (Å²) in [6.45, 7) is 1.98. The molecule has 5 rings (SSSR count). The molecule has 0 N–H and O–H groups in total. The van der Waals surface area contributed by atoms with E-state index in [4.69, 9.17) is 4.98 Å². The van der Waals surface area contributed by atoms with Gasteiger partial charge >= 0.3 is 0 Å². The van der Waals surface area contributed by atoms with Crippen LogP contribution in [-0.4, -0.2) is 28.7 Å². The first-order chi connectivity index (χ1) is 13.5. The predicted molar refractivity (Wildman–Crippen MR) is 111 cm³/mol. The van der Waals surface area contributed by atoms with E-state index in [0.29, 0.717) is 16.9 Å². The van der Waals surface area contributed by atoms with E-state index in [1.54, 1.807) is 23.4 Å². The molecule has 2 aromatic carbocycles. The number of hydrogen-bond acceptors (Lipinski definition) is 5. The molecule has 0 radical (unpaired) electrons. The van der Waals surface area contributed by atoms with Gasteiger partial charge in [0.25, 0.3) is 5.56 Å². The van der Waals surface area contributed by atoms with Gasteiger partial charge in [-0.05, 0) is 31.2 Å². The normalized spacial score (nSPS) is 11.8. The minimum Gasteiger partial charge on any atom is -0.322 e. The molecule has 3 aromatic heterocycles. The van der Waals surface area contributed by atoms with E-state index in [9.17, 15) is 4.79 Å². The fourth-order valence-electron chi connectivity index (χ4n) is 3.53. The molecule has 5 aromatic rings. The lowest BCUT2D eigenvalue weighted by Gasteiger charge is -2.08. The SMILES string of the molecule is Cc1ccc2c(c1)c(=O)n(C)c1nnc(CSc3nc4ccccc4n3C)n21. The van der Waals surface area contributed by atoms with Crippen molar-refractivity contribution in [2.24, 2.45) is 14.1 Å². The molecule has 3 heterocycles. The van der Waals surface area contributed by atoms with Gasteiger partial charge in [0.05, 0.1) is 27.7 Å². The monoisotopic (exact) mass is 390 g/mol. The number of fused-ring (bicyclic) bond motifs is 4.